The molecule has 3 N–H and O–H groups in total. The van der Waals surface area contributed by atoms with Gasteiger partial charge in [-0.2, -0.15) is 0 Å². The van der Waals surface area contributed by atoms with Gasteiger partial charge in [0.05, 0.1) is 0 Å². The summed E-state index contributed by atoms with van der Waals surface area (Å²) in [7, 11) is 0. The average Bonchev–Trinajstić information content (AvgIpc) is 2.89. The Labute approximate surface area is 132 Å². The molecule has 1 fully saturated rings. The van der Waals surface area contributed by atoms with Crippen LogP contribution in [0.25, 0.3) is 0 Å². The highest BCUT2D eigenvalue weighted by molar-refractivity contribution is 7.97. The SMILES string of the molecule is CC(C)(C)NSc1ccc(NC=O)cc1.CC1CCCN1. The maximum absolute atomic E-state index is 10.2. The molecule has 2 rings (SSSR count). The first kappa shape index (κ1) is 18.0. The molecule has 1 aromatic rings. The van der Waals surface area contributed by atoms with Crippen molar-refractivity contribution in [2.45, 2.75) is 57.0 Å². The lowest BCUT2D eigenvalue weighted by Crippen LogP contribution is -2.29. The highest BCUT2D eigenvalue weighted by atomic mass is 32.2. The molecule has 1 atom stereocenters. The first-order valence-corrected chi connectivity index (χ1v) is 8.20. The number of rotatable bonds is 4. The van der Waals surface area contributed by atoms with E-state index < -0.39 is 0 Å². The first-order valence-electron chi connectivity index (χ1n) is 7.38. The summed E-state index contributed by atoms with van der Waals surface area (Å²) in [6.45, 7) is 9.81. The van der Waals surface area contributed by atoms with E-state index in [9.17, 15) is 4.79 Å². The van der Waals surface area contributed by atoms with Crippen LogP contribution in [-0.2, 0) is 4.79 Å². The summed E-state index contributed by atoms with van der Waals surface area (Å²) in [5.74, 6) is 0. The van der Waals surface area contributed by atoms with Crippen molar-refractivity contribution in [1.29, 1.82) is 0 Å². The van der Waals surface area contributed by atoms with E-state index >= 15 is 0 Å². The molecule has 0 radical (unpaired) electrons. The summed E-state index contributed by atoms with van der Waals surface area (Å²) in [6, 6.07) is 8.48. The molecule has 1 aliphatic rings. The fourth-order valence-electron chi connectivity index (χ4n) is 1.76. The van der Waals surface area contributed by atoms with Crippen molar-refractivity contribution in [3.63, 3.8) is 0 Å². The Morgan fingerprint density at radius 1 is 1.29 bits per heavy atom. The molecule has 1 heterocycles. The van der Waals surface area contributed by atoms with Crippen molar-refractivity contribution in [3.8, 4) is 0 Å². The summed E-state index contributed by atoms with van der Waals surface area (Å²) >= 11 is 1.59. The highest BCUT2D eigenvalue weighted by Crippen LogP contribution is 2.20. The van der Waals surface area contributed by atoms with Gasteiger partial charge in [0.15, 0.2) is 0 Å². The van der Waals surface area contributed by atoms with Crippen LogP contribution in [0.3, 0.4) is 0 Å². The average molecular weight is 309 g/mol. The Bertz CT molecular complexity index is 409. The highest BCUT2D eigenvalue weighted by Gasteiger charge is 2.08. The Morgan fingerprint density at radius 3 is 2.33 bits per heavy atom. The quantitative estimate of drug-likeness (QED) is 0.589. The Balaban J connectivity index is 0.000000304. The number of carbonyl (C=O) groups excluding carboxylic acids is 1. The number of amides is 1. The Hall–Kier alpha value is -1.04. The third-order valence-corrected chi connectivity index (χ3v) is 4.08. The van der Waals surface area contributed by atoms with Gasteiger partial charge in [0, 0.05) is 22.2 Å². The van der Waals surface area contributed by atoms with Crippen molar-refractivity contribution >= 4 is 24.0 Å². The van der Waals surface area contributed by atoms with Crippen LogP contribution < -0.4 is 15.4 Å². The Morgan fingerprint density at radius 2 is 1.95 bits per heavy atom. The number of hydrogen-bond acceptors (Lipinski definition) is 4. The van der Waals surface area contributed by atoms with Crippen LogP contribution in [-0.4, -0.2) is 24.5 Å². The third kappa shape index (κ3) is 8.75. The number of carbonyl (C=O) groups is 1. The lowest BCUT2D eigenvalue weighted by atomic mass is 10.1. The molecular formula is C16H27N3OS. The van der Waals surface area contributed by atoms with E-state index in [2.05, 4.69) is 43.1 Å². The van der Waals surface area contributed by atoms with Crippen LogP contribution in [0.15, 0.2) is 29.2 Å². The van der Waals surface area contributed by atoms with Gasteiger partial charge in [0.2, 0.25) is 6.41 Å². The van der Waals surface area contributed by atoms with Crippen LogP contribution in [0.4, 0.5) is 5.69 Å². The summed E-state index contributed by atoms with van der Waals surface area (Å²) < 4.78 is 3.32. The fourth-order valence-corrected chi connectivity index (χ4v) is 2.45. The largest absolute Gasteiger partial charge is 0.329 e. The number of benzene rings is 1. The number of hydrogen-bond donors (Lipinski definition) is 3. The summed E-state index contributed by atoms with van der Waals surface area (Å²) in [4.78, 5) is 11.3. The van der Waals surface area contributed by atoms with E-state index in [1.54, 1.807) is 11.9 Å². The summed E-state index contributed by atoms with van der Waals surface area (Å²) in [6.07, 6.45) is 3.43. The first-order chi connectivity index (χ1) is 9.90. The van der Waals surface area contributed by atoms with Gasteiger partial charge in [-0.3, -0.25) is 9.52 Å². The van der Waals surface area contributed by atoms with Crippen molar-refractivity contribution in [2.24, 2.45) is 0 Å². The van der Waals surface area contributed by atoms with Gasteiger partial charge in [0.1, 0.15) is 0 Å². The molecule has 21 heavy (non-hydrogen) atoms. The van der Waals surface area contributed by atoms with Crippen LogP contribution in [0.1, 0.15) is 40.5 Å². The summed E-state index contributed by atoms with van der Waals surface area (Å²) in [5, 5.41) is 5.92. The smallest absolute Gasteiger partial charge is 0.211 e. The van der Waals surface area contributed by atoms with Crippen molar-refractivity contribution < 1.29 is 4.79 Å². The predicted octanol–water partition coefficient (Wildman–Crippen LogP) is 3.41. The molecule has 1 saturated heterocycles. The minimum Gasteiger partial charge on any atom is -0.329 e. The second-order valence-corrected chi connectivity index (χ2v) is 7.12. The molecular weight excluding hydrogens is 282 g/mol. The topological polar surface area (TPSA) is 53.2 Å². The van der Waals surface area contributed by atoms with E-state index in [0.717, 1.165) is 16.6 Å². The van der Waals surface area contributed by atoms with E-state index in [-0.39, 0.29) is 5.54 Å². The number of nitrogens with one attached hydrogen (secondary N) is 3. The van der Waals surface area contributed by atoms with Gasteiger partial charge in [-0.15, -0.1) is 0 Å². The molecule has 0 bridgehead atoms. The van der Waals surface area contributed by atoms with Crippen molar-refractivity contribution in [1.82, 2.24) is 10.0 Å². The molecule has 1 aromatic carbocycles. The van der Waals surface area contributed by atoms with Crippen LogP contribution >= 0.6 is 11.9 Å². The van der Waals surface area contributed by atoms with E-state index in [1.165, 1.54) is 19.4 Å². The zero-order chi connectivity index (χ0) is 15.7. The molecule has 0 saturated carbocycles. The third-order valence-electron chi connectivity index (χ3n) is 2.86. The van der Waals surface area contributed by atoms with Gasteiger partial charge in [-0.1, -0.05) is 0 Å². The van der Waals surface area contributed by atoms with Gasteiger partial charge in [-0.05, 0) is 83.3 Å². The molecule has 1 amide bonds. The monoisotopic (exact) mass is 309 g/mol. The lowest BCUT2D eigenvalue weighted by Gasteiger charge is -2.19. The second-order valence-electron chi connectivity index (χ2n) is 6.24. The van der Waals surface area contributed by atoms with Crippen molar-refractivity contribution in [2.75, 3.05) is 11.9 Å². The predicted molar refractivity (Wildman–Crippen MR) is 91.6 cm³/mol. The van der Waals surface area contributed by atoms with E-state index in [0.29, 0.717) is 6.41 Å². The standard InChI is InChI=1S/C11H16N2OS.C5H11N/c1-11(2,3)13-15-10-6-4-9(5-7-10)12-8-14;1-5-3-2-4-6-5/h4-8,13H,1-3H3,(H,12,14);5-6H,2-4H2,1H3. The number of anilines is 1. The molecule has 4 nitrogen and oxygen atoms in total. The lowest BCUT2D eigenvalue weighted by molar-refractivity contribution is -0.105. The molecule has 1 aliphatic heterocycles. The maximum atomic E-state index is 10.2. The maximum Gasteiger partial charge on any atom is 0.211 e. The summed E-state index contributed by atoms with van der Waals surface area (Å²) in [5.41, 5.74) is 0.898. The van der Waals surface area contributed by atoms with Gasteiger partial charge >= 0.3 is 0 Å². The molecule has 0 aliphatic carbocycles. The fraction of sp³-hybridized carbons (Fsp3) is 0.562. The second kappa shape index (κ2) is 9.07. The van der Waals surface area contributed by atoms with Gasteiger partial charge in [-0.25, -0.2) is 0 Å². The molecule has 5 heteroatoms. The van der Waals surface area contributed by atoms with Crippen LogP contribution in [0.2, 0.25) is 0 Å². The molecule has 0 aromatic heterocycles. The minimum absolute atomic E-state index is 0.0877. The normalized spacial score (nSPS) is 17.8. The van der Waals surface area contributed by atoms with Crippen LogP contribution in [0, 0.1) is 0 Å². The zero-order valence-corrected chi connectivity index (χ0v) is 14.2. The van der Waals surface area contributed by atoms with E-state index in [1.807, 2.05) is 24.3 Å². The molecule has 118 valence electrons. The van der Waals surface area contributed by atoms with E-state index in [4.69, 9.17) is 0 Å². The molecule has 0 spiro atoms. The van der Waals surface area contributed by atoms with Gasteiger partial charge < -0.3 is 10.6 Å². The Kier molecular flexibility index (Phi) is 7.78. The van der Waals surface area contributed by atoms with Gasteiger partial charge in [0.25, 0.3) is 0 Å². The molecule has 1 unspecified atom stereocenters. The van der Waals surface area contributed by atoms with Crippen molar-refractivity contribution in [3.05, 3.63) is 24.3 Å². The minimum atomic E-state index is 0.0877. The zero-order valence-electron chi connectivity index (χ0n) is 13.4. The van der Waals surface area contributed by atoms with Crippen LogP contribution in [0.5, 0.6) is 0 Å².